The van der Waals surface area contributed by atoms with Gasteiger partial charge in [0.05, 0.1) is 24.8 Å². The van der Waals surface area contributed by atoms with E-state index in [0.717, 1.165) is 16.9 Å². The molecule has 0 bridgehead atoms. The molecule has 8 nitrogen and oxygen atoms in total. The van der Waals surface area contributed by atoms with E-state index in [2.05, 4.69) is 20.2 Å². The Morgan fingerprint density at radius 1 is 1.15 bits per heavy atom. The number of aromatic amines is 1. The summed E-state index contributed by atoms with van der Waals surface area (Å²) in [6, 6.07) is 11.7. The molecule has 0 saturated heterocycles. The summed E-state index contributed by atoms with van der Waals surface area (Å²) >= 11 is 0. The number of aliphatic hydroxyl groups is 1. The molecule has 2 aromatic carbocycles. The van der Waals surface area contributed by atoms with E-state index in [-0.39, 0.29) is 18.8 Å². The van der Waals surface area contributed by atoms with Crippen LogP contribution >= 0.6 is 0 Å². The van der Waals surface area contributed by atoms with Crippen LogP contribution in [0.15, 0.2) is 55.0 Å². The Morgan fingerprint density at radius 2 is 1.94 bits per heavy atom. The van der Waals surface area contributed by atoms with Gasteiger partial charge >= 0.3 is 0 Å². The van der Waals surface area contributed by atoms with E-state index in [1.165, 1.54) is 19.2 Å². The van der Waals surface area contributed by atoms with Crippen LogP contribution < -0.4 is 4.74 Å². The zero-order valence-electron chi connectivity index (χ0n) is 19.2. The third kappa shape index (κ3) is 4.61. The second-order valence-corrected chi connectivity index (χ2v) is 7.74. The van der Waals surface area contributed by atoms with Crippen molar-refractivity contribution in [3.63, 3.8) is 0 Å². The van der Waals surface area contributed by atoms with E-state index in [1.54, 1.807) is 31.6 Å². The maximum absolute atomic E-state index is 13.5. The molecular weight excluding hydrogens is 437 g/mol. The number of nitrogens with zero attached hydrogens (tertiary/aromatic N) is 4. The molecule has 1 unspecified atom stereocenters. The van der Waals surface area contributed by atoms with Gasteiger partial charge in [0.2, 0.25) is 0 Å². The number of aliphatic hydroxyl groups excluding tert-OH is 1. The fraction of sp³-hybridized carbons (Fsp3) is 0.240. The molecule has 176 valence electrons. The highest BCUT2D eigenvalue weighted by Crippen LogP contribution is 2.34. The van der Waals surface area contributed by atoms with Crippen molar-refractivity contribution in [3.8, 4) is 11.4 Å². The molecule has 9 heteroatoms. The quantitative estimate of drug-likeness (QED) is 0.391. The number of methoxy groups -OCH3 is 2. The Morgan fingerprint density at radius 3 is 2.59 bits per heavy atom. The first-order valence-corrected chi connectivity index (χ1v) is 10.7. The highest BCUT2D eigenvalue weighted by Gasteiger charge is 2.37. The zero-order valence-corrected chi connectivity index (χ0v) is 19.2. The summed E-state index contributed by atoms with van der Waals surface area (Å²) in [5, 5.41) is 16.9. The lowest BCUT2D eigenvalue weighted by Crippen LogP contribution is -2.32. The van der Waals surface area contributed by atoms with Crippen molar-refractivity contribution < 1.29 is 19.0 Å². The van der Waals surface area contributed by atoms with Gasteiger partial charge in [-0.2, -0.15) is 5.10 Å². The second-order valence-electron chi connectivity index (χ2n) is 7.74. The van der Waals surface area contributed by atoms with Crippen LogP contribution in [0.25, 0.3) is 17.8 Å². The van der Waals surface area contributed by atoms with E-state index < -0.39 is 5.60 Å². The van der Waals surface area contributed by atoms with Crippen molar-refractivity contribution in [1.29, 1.82) is 0 Å². The first kappa shape index (κ1) is 23.3. The summed E-state index contributed by atoms with van der Waals surface area (Å²) in [4.78, 5) is 8.83. The van der Waals surface area contributed by atoms with Crippen molar-refractivity contribution in [2.45, 2.75) is 18.9 Å². The molecule has 1 atom stereocenters. The number of hydrogen-bond acceptors (Lipinski definition) is 6. The predicted molar refractivity (Wildman–Crippen MR) is 126 cm³/mol. The molecule has 0 amide bonds. The fourth-order valence-corrected chi connectivity index (χ4v) is 3.86. The van der Waals surface area contributed by atoms with Crippen LogP contribution in [0.1, 0.15) is 34.9 Å². The van der Waals surface area contributed by atoms with E-state index in [4.69, 9.17) is 9.47 Å². The van der Waals surface area contributed by atoms with Crippen LogP contribution in [0, 0.1) is 12.7 Å². The van der Waals surface area contributed by atoms with Gasteiger partial charge in [-0.05, 0) is 48.4 Å². The molecule has 0 fully saturated rings. The second kappa shape index (κ2) is 9.98. The molecule has 0 aliphatic rings. The van der Waals surface area contributed by atoms with Crippen LogP contribution in [0.5, 0.6) is 5.75 Å². The normalized spacial score (nSPS) is 13.3. The molecule has 34 heavy (non-hydrogen) atoms. The number of ether oxygens (including phenoxy) is 2. The number of benzene rings is 2. The lowest BCUT2D eigenvalue weighted by molar-refractivity contribution is -0.00525. The van der Waals surface area contributed by atoms with Gasteiger partial charge in [0.15, 0.2) is 17.2 Å². The summed E-state index contributed by atoms with van der Waals surface area (Å²) < 4.78 is 26.7. The molecule has 4 rings (SSSR count). The number of hydrogen-bond donors (Lipinski definition) is 2. The Labute approximate surface area is 196 Å². The van der Waals surface area contributed by atoms with Gasteiger partial charge in [-0.1, -0.05) is 24.3 Å². The summed E-state index contributed by atoms with van der Waals surface area (Å²) in [7, 11) is 3.14. The van der Waals surface area contributed by atoms with E-state index in [1.807, 2.05) is 42.0 Å². The molecule has 0 aliphatic heterocycles. The van der Waals surface area contributed by atoms with Gasteiger partial charge in [0.25, 0.3) is 0 Å². The molecule has 2 aromatic heterocycles. The average molecular weight is 464 g/mol. The summed E-state index contributed by atoms with van der Waals surface area (Å²) in [5.41, 5.74) is 2.27. The topological polar surface area (TPSA) is 98.1 Å². The standard InChI is InChI=1S/C25H26FN5O3/c1-17-15-31(16-27-17)21-10-4-18(14-22(21)33-2)5-11-23-28-24(30-29-23)25(34-3,12-13-32)19-6-8-20(26)9-7-19/h4-11,14-16,32H,12-13H2,1-3H3,(H,28,29,30)/b11-5+. The summed E-state index contributed by atoms with van der Waals surface area (Å²) in [6.07, 6.45) is 7.53. The van der Waals surface area contributed by atoms with Crippen molar-refractivity contribution in [2.24, 2.45) is 0 Å². The molecule has 0 saturated carbocycles. The van der Waals surface area contributed by atoms with Gasteiger partial charge in [-0.25, -0.2) is 14.4 Å². The minimum Gasteiger partial charge on any atom is -0.495 e. The molecule has 0 radical (unpaired) electrons. The molecule has 2 N–H and O–H groups in total. The van der Waals surface area contributed by atoms with E-state index in [9.17, 15) is 9.50 Å². The Kier molecular flexibility index (Phi) is 6.85. The number of H-pyrrole nitrogens is 1. The Hall–Kier alpha value is -3.82. The monoisotopic (exact) mass is 463 g/mol. The van der Waals surface area contributed by atoms with Crippen molar-refractivity contribution in [3.05, 3.63) is 89.3 Å². The predicted octanol–water partition coefficient (Wildman–Crippen LogP) is 3.89. The first-order valence-electron chi connectivity index (χ1n) is 10.7. The lowest BCUT2D eigenvalue weighted by Gasteiger charge is -2.30. The van der Waals surface area contributed by atoms with Gasteiger partial charge in [-0.15, -0.1) is 0 Å². The highest BCUT2D eigenvalue weighted by molar-refractivity contribution is 5.69. The van der Waals surface area contributed by atoms with Gasteiger partial charge in [0, 0.05) is 26.3 Å². The van der Waals surface area contributed by atoms with Crippen molar-refractivity contribution >= 4 is 12.2 Å². The number of nitrogens with one attached hydrogen (secondary N) is 1. The zero-order chi connectivity index (χ0) is 24.1. The van der Waals surface area contributed by atoms with Gasteiger partial charge < -0.3 is 19.1 Å². The third-order valence-electron chi connectivity index (χ3n) is 5.63. The van der Waals surface area contributed by atoms with Crippen molar-refractivity contribution in [1.82, 2.24) is 24.7 Å². The van der Waals surface area contributed by atoms with E-state index >= 15 is 0 Å². The van der Waals surface area contributed by atoms with Gasteiger partial charge in [-0.3, -0.25) is 5.10 Å². The Balaban J connectivity index is 1.61. The molecule has 2 heterocycles. The SMILES string of the molecule is COc1cc(/C=C/c2n[nH]c(C(CCO)(OC)c3ccc(F)cc3)n2)ccc1-n1cnc(C)c1. The molecule has 0 aliphatic carbocycles. The highest BCUT2D eigenvalue weighted by atomic mass is 19.1. The van der Waals surface area contributed by atoms with Crippen molar-refractivity contribution in [2.75, 3.05) is 20.8 Å². The largest absolute Gasteiger partial charge is 0.495 e. The van der Waals surface area contributed by atoms with Crippen LogP contribution in [-0.4, -0.2) is 50.7 Å². The summed E-state index contributed by atoms with van der Waals surface area (Å²) in [6.45, 7) is 1.78. The number of aryl methyl sites for hydroxylation is 1. The Bertz CT molecular complexity index is 1280. The summed E-state index contributed by atoms with van der Waals surface area (Å²) in [5.74, 6) is 1.19. The maximum atomic E-state index is 13.5. The lowest BCUT2D eigenvalue weighted by atomic mass is 9.89. The van der Waals surface area contributed by atoms with E-state index in [0.29, 0.717) is 23.0 Å². The number of aromatic nitrogens is 5. The number of rotatable bonds is 9. The smallest absolute Gasteiger partial charge is 0.174 e. The fourth-order valence-electron chi connectivity index (χ4n) is 3.86. The first-order chi connectivity index (χ1) is 16.5. The molecular formula is C25H26FN5O3. The molecule has 0 spiro atoms. The number of imidazole rings is 1. The van der Waals surface area contributed by atoms with Crippen LogP contribution in [-0.2, 0) is 10.3 Å². The third-order valence-corrected chi connectivity index (χ3v) is 5.63. The minimum atomic E-state index is -1.09. The van der Waals surface area contributed by atoms with Crippen LogP contribution in [0.4, 0.5) is 4.39 Å². The maximum Gasteiger partial charge on any atom is 0.174 e. The average Bonchev–Trinajstić information content (AvgIpc) is 3.51. The van der Waals surface area contributed by atoms with Gasteiger partial charge in [0.1, 0.15) is 11.6 Å². The molecule has 4 aromatic rings. The minimum absolute atomic E-state index is 0.153. The number of halogens is 1. The van der Waals surface area contributed by atoms with Crippen LogP contribution in [0.2, 0.25) is 0 Å². The van der Waals surface area contributed by atoms with Crippen LogP contribution in [0.3, 0.4) is 0 Å².